The zero-order valence-corrected chi connectivity index (χ0v) is 11.9. The zero-order chi connectivity index (χ0) is 16.7. The van der Waals surface area contributed by atoms with Gasteiger partial charge in [-0.15, -0.1) is 0 Å². The van der Waals surface area contributed by atoms with E-state index >= 15 is 0 Å². The molecule has 2 rings (SSSR count). The average molecular weight is 313 g/mol. The number of rotatable bonds is 2. The molecule has 22 heavy (non-hydrogen) atoms. The number of hydrogen-bond acceptors (Lipinski definition) is 4. The molecular weight excluding hydrogens is 299 g/mol. The molecule has 1 aromatic carbocycles. The van der Waals surface area contributed by atoms with Crippen molar-refractivity contribution in [3.63, 3.8) is 0 Å². The number of anilines is 1. The first kappa shape index (κ1) is 16.3. The smallest absolute Gasteiger partial charge is 0.360 e. The van der Waals surface area contributed by atoms with Crippen molar-refractivity contribution in [2.75, 3.05) is 4.90 Å². The molecule has 8 heteroatoms. The number of carbonyl (C=O) groups excluding carboxylic acids is 1. The highest BCUT2D eigenvalue weighted by Gasteiger charge is 2.45. The first-order chi connectivity index (χ1) is 10.0. The van der Waals surface area contributed by atoms with Crippen molar-refractivity contribution in [1.82, 2.24) is 5.32 Å². The second kappa shape index (κ2) is 5.26. The Labute approximate surface area is 124 Å². The lowest BCUT2D eigenvalue weighted by molar-refractivity contribution is -0.127. The van der Waals surface area contributed by atoms with E-state index in [1.807, 2.05) is 0 Å². The number of amides is 1. The maximum Gasteiger partial charge on any atom is 0.393 e. The maximum atomic E-state index is 12.6. The third-order valence-electron chi connectivity index (χ3n) is 3.37. The topological polar surface area (TPSA) is 76.4 Å². The molecule has 1 saturated heterocycles. The Balaban J connectivity index is 2.44. The molecule has 1 heterocycles. The summed E-state index contributed by atoms with van der Waals surface area (Å²) in [5.41, 5.74) is -1.28. The van der Waals surface area contributed by atoms with Gasteiger partial charge in [0, 0.05) is 5.69 Å². The fourth-order valence-corrected chi connectivity index (χ4v) is 2.32. The highest BCUT2D eigenvalue weighted by atomic mass is 19.4. The fourth-order valence-electron chi connectivity index (χ4n) is 2.32. The number of hydrogen-bond donors (Lipinski definition) is 2. The SMILES string of the molecule is CC1(C)NC(O)N(c2ccc(C#N)c(CC(F)(F)F)c2)C1=O. The summed E-state index contributed by atoms with van der Waals surface area (Å²) in [6.45, 7) is 3.11. The monoisotopic (exact) mass is 313 g/mol. The second-order valence-corrected chi connectivity index (χ2v) is 5.56. The number of benzene rings is 1. The third-order valence-corrected chi connectivity index (χ3v) is 3.37. The molecule has 1 fully saturated rings. The van der Waals surface area contributed by atoms with Crippen molar-refractivity contribution in [2.45, 2.75) is 38.3 Å². The van der Waals surface area contributed by atoms with Crippen LogP contribution in [0.2, 0.25) is 0 Å². The van der Waals surface area contributed by atoms with Gasteiger partial charge < -0.3 is 5.11 Å². The van der Waals surface area contributed by atoms with Crippen LogP contribution in [0.15, 0.2) is 18.2 Å². The molecule has 2 N–H and O–H groups in total. The first-order valence-electron chi connectivity index (χ1n) is 6.44. The molecule has 118 valence electrons. The van der Waals surface area contributed by atoms with Crippen LogP contribution in [0.5, 0.6) is 0 Å². The zero-order valence-electron chi connectivity index (χ0n) is 11.9. The van der Waals surface area contributed by atoms with Crippen LogP contribution in [0, 0.1) is 11.3 Å². The quantitative estimate of drug-likeness (QED) is 0.870. The van der Waals surface area contributed by atoms with Gasteiger partial charge in [0.25, 0.3) is 0 Å². The van der Waals surface area contributed by atoms with Crippen LogP contribution in [0.3, 0.4) is 0 Å². The summed E-state index contributed by atoms with van der Waals surface area (Å²) in [5, 5.41) is 21.4. The van der Waals surface area contributed by atoms with E-state index in [9.17, 15) is 23.1 Å². The molecule has 1 unspecified atom stereocenters. The van der Waals surface area contributed by atoms with Gasteiger partial charge in [-0.25, -0.2) is 0 Å². The van der Waals surface area contributed by atoms with Crippen LogP contribution >= 0.6 is 0 Å². The Morgan fingerprint density at radius 3 is 2.55 bits per heavy atom. The van der Waals surface area contributed by atoms with Crippen LogP contribution < -0.4 is 10.2 Å². The summed E-state index contributed by atoms with van der Waals surface area (Å²) >= 11 is 0. The molecule has 0 spiro atoms. The molecule has 0 aliphatic carbocycles. The van der Waals surface area contributed by atoms with Crippen molar-refractivity contribution >= 4 is 11.6 Å². The minimum Gasteiger partial charge on any atom is -0.360 e. The largest absolute Gasteiger partial charge is 0.393 e. The van der Waals surface area contributed by atoms with Crippen LogP contribution in [0.1, 0.15) is 25.0 Å². The standard InChI is InChI=1S/C14H14F3N3O2/c1-13(2)11(21)20(12(22)19-13)10-4-3-8(7-18)9(5-10)6-14(15,16)17/h3-5,12,19,22H,6H2,1-2H3. The number of alkyl halides is 3. The van der Waals surface area contributed by atoms with E-state index in [0.29, 0.717) is 0 Å². The summed E-state index contributed by atoms with van der Waals surface area (Å²) in [4.78, 5) is 13.2. The van der Waals surface area contributed by atoms with Gasteiger partial charge in [0.05, 0.1) is 23.6 Å². The Hall–Kier alpha value is -2.11. The number of carbonyl (C=O) groups is 1. The Morgan fingerprint density at radius 1 is 1.45 bits per heavy atom. The van der Waals surface area contributed by atoms with Crippen LogP contribution in [0.25, 0.3) is 0 Å². The fraction of sp³-hybridized carbons (Fsp3) is 0.429. The lowest BCUT2D eigenvalue weighted by atomic mass is 10.0. The van der Waals surface area contributed by atoms with Crippen molar-refractivity contribution in [3.8, 4) is 6.07 Å². The molecule has 1 aliphatic heterocycles. The Kier molecular flexibility index (Phi) is 3.89. The molecular formula is C14H14F3N3O2. The summed E-state index contributed by atoms with van der Waals surface area (Å²) in [5.74, 6) is -0.470. The summed E-state index contributed by atoms with van der Waals surface area (Å²) in [7, 11) is 0. The molecule has 0 saturated carbocycles. The first-order valence-corrected chi connectivity index (χ1v) is 6.44. The predicted molar refractivity (Wildman–Crippen MR) is 71.6 cm³/mol. The molecule has 1 amide bonds. The average Bonchev–Trinajstić information content (AvgIpc) is 2.56. The number of halogens is 3. The van der Waals surface area contributed by atoms with Gasteiger partial charge >= 0.3 is 6.18 Å². The van der Waals surface area contributed by atoms with Gasteiger partial charge in [-0.2, -0.15) is 18.4 Å². The molecule has 1 aromatic rings. The highest BCUT2D eigenvalue weighted by Crippen LogP contribution is 2.30. The van der Waals surface area contributed by atoms with E-state index in [4.69, 9.17) is 5.26 Å². The number of nitriles is 1. The van der Waals surface area contributed by atoms with Gasteiger partial charge in [0.2, 0.25) is 5.91 Å². The van der Waals surface area contributed by atoms with Crippen LogP contribution in [-0.4, -0.2) is 29.1 Å². The summed E-state index contributed by atoms with van der Waals surface area (Å²) in [6, 6.07) is 5.35. The van der Waals surface area contributed by atoms with Gasteiger partial charge in [-0.05, 0) is 37.6 Å². The normalized spacial score (nSPS) is 21.0. The van der Waals surface area contributed by atoms with Crippen molar-refractivity contribution in [3.05, 3.63) is 29.3 Å². The molecule has 5 nitrogen and oxygen atoms in total. The van der Waals surface area contributed by atoms with Gasteiger partial charge in [0.15, 0.2) is 6.35 Å². The van der Waals surface area contributed by atoms with E-state index in [-0.39, 0.29) is 16.8 Å². The van der Waals surface area contributed by atoms with Gasteiger partial charge in [0.1, 0.15) is 0 Å². The second-order valence-electron chi connectivity index (χ2n) is 5.56. The van der Waals surface area contributed by atoms with Crippen molar-refractivity contribution in [2.24, 2.45) is 0 Å². The third kappa shape index (κ3) is 3.05. The summed E-state index contributed by atoms with van der Waals surface area (Å²) < 4.78 is 37.8. The maximum absolute atomic E-state index is 12.6. The predicted octanol–water partition coefficient (Wildman–Crippen LogP) is 1.65. The van der Waals surface area contributed by atoms with Crippen molar-refractivity contribution < 1.29 is 23.1 Å². The number of aliphatic hydroxyl groups is 1. The number of nitrogens with one attached hydrogen (secondary N) is 1. The molecule has 1 aliphatic rings. The minimum atomic E-state index is -4.48. The van der Waals surface area contributed by atoms with Gasteiger partial charge in [-0.1, -0.05) is 0 Å². The number of nitrogens with zero attached hydrogens (tertiary/aromatic N) is 2. The van der Waals surface area contributed by atoms with Gasteiger partial charge in [-0.3, -0.25) is 15.0 Å². The minimum absolute atomic E-state index is 0.105. The molecule has 0 aromatic heterocycles. The Morgan fingerprint density at radius 2 is 2.09 bits per heavy atom. The van der Waals surface area contributed by atoms with E-state index < -0.39 is 30.4 Å². The van der Waals surface area contributed by atoms with E-state index in [1.165, 1.54) is 12.1 Å². The van der Waals surface area contributed by atoms with Crippen LogP contribution in [0.4, 0.5) is 18.9 Å². The highest BCUT2D eigenvalue weighted by molar-refractivity contribution is 6.02. The number of aliphatic hydroxyl groups excluding tert-OH is 1. The van der Waals surface area contributed by atoms with E-state index in [1.54, 1.807) is 19.9 Å². The van der Waals surface area contributed by atoms with Crippen molar-refractivity contribution in [1.29, 1.82) is 5.26 Å². The van der Waals surface area contributed by atoms with E-state index in [2.05, 4.69) is 5.32 Å². The van der Waals surface area contributed by atoms with E-state index in [0.717, 1.165) is 11.0 Å². The molecule has 0 bridgehead atoms. The lowest BCUT2D eigenvalue weighted by Crippen LogP contribution is -2.41. The Bertz CT molecular complexity index is 650. The summed E-state index contributed by atoms with van der Waals surface area (Å²) in [6.07, 6.45) is -7.09. The molecule has 0 radical (unpaired) electrons. The van der Waals surface area contributed by atoms with Crippen LogP contribution in [-0.2, 0) is 11.2 Å². The molecule has 1 atom stereocenters. The lowest BCUT2D eigenvalue weighted by Gasteiger charge is -2.21.